The minimum Gasteiger partial charge on any atom is -0.396 e. The molecule has 0 aromatic carbocycles. The van der Waals surface area contributed by atoms with Gasteiger partial charge in [0.25, 0.3) is 0 Å². The molecule has 0 amide bonds. The highest BCUT2D eigenvalue weighted by Gasteiger charge is 2.42. The number of aliphatic hydroxyl groups is 1. The molecule has 11 heavy (non-hydrogen) atoms. The molecule has 1 aliphatic carbocycles. The number of hydrogen-bond donors (Lipinski definition) is 2. The fourth-order valence-corrected chi connectivity index (χ4v) is 1.78. The smallest absolute Gasteiger partial charge is 0.0583 e. The Kier molecular flexibility index (Phi) is 2.87. The van der Waals surface area contributed by atoms with Crippen LogP contribution < -0.4 is 5.73 Å². The molecular formula is C8H17NO2. The first-order valence-electron chi connectivity index (χ1n) is 4.10. The van der Waals surface area contributed by atoms with Crippen molar-refractivity contribution in [3.05, 3.63) is 0 Å². The Hall–Kier alpha value is -0.120. The summed E-state index contributed by atoms with van der Waals surface area (Å²) in [6.45, 7) is 0.918. The van der Waals surface area contributed by atoms with Gasteiger partial charge in [0.15, 0.2) is 0 Å². The molecule has 3 nitrogen and oxygen atoms in total. The number of methoxy groups -OCH3 is 1. The van der Waals surface area contributed by atoms with Crippen LogP contribution in [-0.4, -0.2) is 31.5 Å². The normalized spacial score (nSPS) is 36.8. The van der Waals surface area contributed by atoms with Crippen LogP contribution in [0.5, 0.6) is 0 Å². The number of nitrogens with two attached hydrogens (primary N) is 1. The van der Waals surface area contributed by atoms with E-state index in [0.29, 0.717) is 12.6 Å². The van der Waals surface area contributed by atoms with Crippen molar-refractivity contribution in [2.75, 3.05) is 20.3 Å². The van der Waals surface area contributed by atoms with Crippen molar-refractivity contribution < 1.29 is 9.84 Å². The van der Waals surface area contributed by atoms with E-state index < -0.39 is 0 Å². The van der Waals surface area contributed by atoms with Crippen molar-refractivity contribution in [2.24, 2.45) is 11.1 Å². The van der Waals surface area contributed by atoms with E-state index in [-0.39, 0.29) is 12.0 Å². The van der Waals surface area contributed by atoms with Crippen LogP contribution in [0.25, 0.3) is 0 Å². The molecule has 0 unspecified atom stereocenters. The lowest BCUT2D eigenvalue weighted by atomic mass is 9.65. The summed E-state index contributed by atoms with van der Waals surface area (Å²) in [5.41, 5.74) is 5.80. The van der Waals surface area contributed by atoms with Crippen molar-refractivity contribution in [3.63, 3.8) is 0 Å². The van der Waals surface area contributed by atoms with E-state index in [1.165, 1.54) is 0 Å². The third-order valence-corrected chi connectivity index (χ3v) is 2.73. The number of rotatable bonds is 4. The molecule has 0 radical (unpaired) electrons. The van der Waals surface area contributed by atoms with E-state index in [1.54, 1.807) is 7.11 Å². The maximum Gasteiger partial charge on any atom is 0.0583 e. The van der Waals surface area contributed by atoms with E-state index in [9.17, 15) is 0 Å². The highest BCUT2D eigenvalue weighted by atomic mass is 16.5. The van der Waals surface area contributed by atoms with Crippen LogP contribution in [0.1, 0.15) is 19.3 Å². The zero-order valence-electron chi connectivity index (χ0n) is 7.05. The number of aliphatic hydroxyl groups excluding tert-OH is 1. The predicted molar refractivity (Wildman–Crippen MR) is 43.2 cm³/mol. The van der Waals surface area contributed by atoms with Crippen LogP contribution >= 0.6 is 0 Å². The van der Waals surface area contributed by atoms with Gasteiger partial charge in [0.05, 0.1) is 6.10 Å². The summed E-state index contributed by atoms with van der Waals surface area (Å²) in [7, 11) is 1.73. The van der Waals surface area contributed by atoms with E-state index in [1.807, 2.05) is 0 Å². The van der Waals surface area contributed by atoms with Crippen molar-refractivity contribution in [1.82, 2.24) is 0 Å². The summed E-state index contributed by atoms with van der Waals surface area (Å²) in [6, 6.07) is 0. The maximum absolute atomic E-state index is 8.76. The number of hydrogen-bond acceptors (Lipinski definition) is 3. The Morgan fingerprint density at radius 1 is 1.64 bits per heavy atom. The molecule has 66 valence electrons. The second-order valence-corrected chi connectivity index (χ2v) is 3.44. The second kappa shape index (κ2) is 3.52. The fraction of sp³-hybridized carbons (Fsp3) is 1.00. The molecule has 0 spiro atoms. The molecule has 0 saturated heterocycles. The van der Waals surface area contributed by atoms with Crippen LogP contribution in [0.15, 0.2) is 0 Å². The lowest BCUT2D eigenvalue weighted by Crippen LogP contribution is -2.47. The minimum absolute atomic E-state index is 0.190. The number of ether oxygens (including phenoxy) is 1. The van der Waals surface area contributed by atoms with Crippen molar-refractivity contribution in [1.29, 1.82) is 0 Å². The molecule has 1 saturated carbocycles. The van der Waals surface area contributed by atoms with E-state index in [0.717, 1.165) is 19.3 Å². The van der Waals surface area contributed by atoms with Crippen LogP contribution in [-0.2, 0) is 4.74 Å². The summed E-state index contributed by atoms with van der Waals surface area (Å²) in [4.78, 5) is 0. The Labute approximate surface area is 67.5 Å². The third kappa shape index (κ3) is 1.72. The molecule has 0 heterocycles. The van der Waals surface area contributed by atoms with E-state index in [2.05, 4.69) is 0 Å². The van der Waals surface area contributed by atoms with Crippen molar-refractivity contribution >= 4 is 0 Å². The monoisotopic (exact) mass is 159 g/mol. The maximum atomic E-state index is 8.76. The lowest BCUT2D eigenvalue weighted by molar-refractivity contribution is -0.0642. The molecule has 0 aliphatic heterocycles. The molecule has 3 N–H and O–H groups in total. The van der Waals surface area contributed by atoms with Crippen LogP contribution in [0.4, 0.5) is 0 Å². The standard InChI is InChI=1S/C8H17NO2/c1-11-7-4-8(5-7,6-9)2-3-10/h7,10H,2-6,9H2,1H3. The van der Waals surface area contributed by atoms with Gasteiger partial charge in [-0.05, 0) is 31.2 Å². The highest BCUT2D eigenvalue weighted by molar-refractivity contribution is 4.94. The highest BCUT2D eigenvalue weighted by Crippen LogP contribution is 2.44. The molecule has 3 heteroatoms. The largest absolute Gasteiger partial charge is 0.396 e. The molecule has 1 fully saturated rings. The topological polar surface area (TPSA) is 55.5 Å². The van der Waals surface area contributed by atoms with Gasteiger partial charge in [0.2, 0.25) is 0 Å². The quantitative estimate of drug-likeness (QED) is 0.612. The first-order chi connectivity index (χ1) is 5.26. The molecular weight excluding hydrogens is 142 g/mol. The fourth-order valence-electron chi connectivity index (χ4n) is 1.78. The van der Waals surface area contributed by atoms with Gasteiger partial charge in [0.1, 0.15) is 0 Å². The van der Waals surface area contributed by atoms with Gasteiger partial charge in [-0.2, -0.15) is 0 Å². The average molecular weight is 159 g/mol. The summed E-state index contributed by atoms with van der Waals surface area (Å²) < 4.78 is 5.15. The van der Waals surface area contributed by atoms with Gasteiger partial charge >= 0.3 is 0 Å². The Bertz CT molecular complexity index is 121. The summed E-state index contributed by atoms with van der Waals surface area (Å²) in [5.74, 6) is 0. The third-order valence-electron chi connectivity index (χ3n) is 2.73. The molecule has 1 rings (SSSR count). The summed E-state index contributed by atoms with van der Waals surface area (Å²) in [6.07, 6.45) is 3.23. The Morgan fingerprint density at radius 3 is 2.64 bits per heavy atom. The first kappa shape index (κ1) is 8.97. The zero-order valence-corrected chi connectivity index (χ0v) is 7.05. The van der Waals surface area contributed by atoms with Gasteiger partial charge in [-0.3, -0.25) is 0 Å². The lowest BCUT2D eigenvalue weighted by Gasteiger charge is -2.46. The van der Waals surface area contributed by atoms with Gasteiger partial charge < -0.3 is 15.6 Å². The molecule has 1 aliphatic rings. The molecule has 0 atom stereocenters. The van der Waals surface area contributed by atoms with Gasteiger partial charge in [-0.15, -0.1) is 0 Å². The minimum atomic E-state index is 0.190. The van der Waals surface area contributed by atoms with Gasteiger partial charge in [-0.25, -0.2) is 0 Å². The molecule has 0 bridgehead atoms. The van der Waals surface area contributed by atoms with Gasteiger partial charge in [0, 0.05) is 13.7 Å². The Morgan fingerprint density at radius 2 is 2.27 bits per heavy atom. The zero-order chi connectivity index (χ0) is 8.32. The summed E-state index contributed by atoms with van der Waals surface area (Å²) >= 11 is 0. The van der Waals surface area contributed by atoms with E-state index >= 15 is 0 Å². The Balaban J connectivity index is 2.30. The van der Waals surface area contributed by atoms with Crippen LogP contribution in [0.2, 0.25) is 0 Å². The molecule has 0 aromatic heterocycles. The van der Waals surface area contributed by atoms with Crippen molar-refractivity contribution in [2.45, 2.75) is 25.4 Å². The summed E-state index contributed by atoms with van der Waals surface area (Å²) in [5, 5.41) is 8.76. The van der Waals surface area contributed by atoms with Crippen LogP contribution in [0, 0.1) is 5.41 Å². The van der Waals surface area contributed by atoms with Crippen LogP contribution in [0.3, 0.4) is 0 Å². The molecule has 0 aromatic rings. The van der Waals surface area contributed by atoms with Crippen molar-refractivity contribution in [3.8, 4) is 0 Å². The SMILES string of the molecule is COC1CC(CN)(CCO)C1. The van der Waals surface area contributed by atoms with Gasteiger partial charge in [-0.1, -0.05) is 0 Å². The average Bonchev–Trinajstić information content (AvgIpc) is 1.96. The van der Waals surface area contributed by atoms with E-state index in [4.69, 9.17) is 15.6 Å². The predicted octanol–water partition coefficient (Wildman–Crippen LogP) is 0.123. The first-order valence-corrected chi connectivity index (χ1v) is 4.10. The second-order valence-electron chi connectivity index (χ2n) is 3.44.